The van der Waals surface area contributed by atoms with Crippen molar-refractivity contribution in [2.24, 2.45) is 23.7 Å². The third-order valence-corrected chi connectivity index (χ3v) is 6.29. The number of hydrogen-bond donors (Lipinski definition) is 0. The molecule has 1 saturated heterocycles. The van der Waals surface area contributed by atoms with Gasteiger partial charge in [-0.3, -0.25) is 9.59 Å². The van der Waals surface area contributed by atoms with E-state index in [-0.39, 0.29) is 29.8 Å². The zero-order valence-electron chi connectivity index (χ0n) is 12.5. The second-order valence-corrected chi connectivity index (χ2v) is 7.03. The van der Waals surface area contributed by atoms with Crippen LogP contribution < -0.4 is 0 Å². The molecule has 3 aliphatic carbocycles. The van der Waals surface area contributed by atoms with Crippen molar-refractivity contribution in [1.82, 2.24) is 4.90 Å². The molecule has 0 radical (unpaired) electrons. The summed E-state index contributed by atoms with van der Waals surface area (Å²) in [7, 11) is 1.80. The van der Waals surface area contributed by atoms with Crippen LogP contribution >= 0.6 is 0 Å². The highest BCUT2D eigenvalue weighted by Crippen LogP contribution is 2.51. The number of carbonyl (C=O) groups is 2. The summed E-state index contributed by atoms with van der Waals surface area (Å²) in [5.41, 5.74) is 0. The first-order chi connectivity index (χ1) is 10.2. The molecular weight excluding hydrogens is 266 g/mol. The maximum absolute atomic E-state index is 12.2. The lowest BCUT2D eigenvalue weighted by Crippen LogP contribution is -2.61. The SMILES string of the molecule is CO[C@H]1CCC[C@H]2[C@@H]3C=CC(=O)[C@@H]3CC(N3CCC3=O)[C@@H]21. The molecule has 0 bridgehead atoms. The second-order valence-electron chi connectivity index (χ2n) is 7.03. The topological polar surface area (TPSA) is 46.6 Å². The van der Waals surface area contributed by atoms with E-state index in [1.807, 2.05) is 4.90 Å². The fraction of sp³-hybridized carbons (Fsp3) is 0.765. The molecular formula is C17H23NO3. The first kappa shape index (κ1) is 13.5. The zero-order chi connectivity index (χ0) is 14.6. The Labute approximate surface area is 125 Å². The molecule has 1 aliphatic heterocycles. The van der Waals surface area contributed by atoms with Gasteiger partial charge in [-0.05, 0) is 37.2 Å². The number of fused-ring (bicyclic) bond motifs is 3. The summed E-state index contributed by atoms with van der Waals surface area (Å²) in [6, 6.07) is 0.214. The Morgan fingerprint density at radius 1 is 1.29 bits per heavy atom. The van der Waals surface area contributed by atoms with Gasteiger partial charge in [-0.1, -0.05) is 12.5 Å². The predicted molar refractivity (Wildman–Crippen MR) is 77.5 cm³/mol. The van der Waals surface area contributed by atoms with Crippen LogP contribution in [0.5, 0.6) is 0 Å². The summed E-state index contributed by atoms with van der Waals surface area (Å²) in [6.45, 7) is 0.863. The molecule has 4 rings (SSSR count). The molecule has 4 heteroatoms. The van der Waals surface area contributed by atoms with Gasteiger partial charge < -0.3 is 9.64 Å². The van der Waals surface area contributed by atoms with Gasteiger partial charge in [0.25, 0.3) is 0 Å². The maximum atomic E-state index is 12.2. The van der Waals surface area contributed by atoms with Crippen molar-refractivity contribution in [2.75, 3.05) is 13.7 Å². The van der Waals surface area contributed by atoms with Gasteiger partial charge in [0.2, 0.25) is 5.91 Å². The lowest BCUT2D eigenvalue weighted by molar-refractivity contribution is -0.157. The second kappa shape index (κ2) is 4.94. The van der Waals surface area contributed by atoms with Crippen LogP contribution in [-0.4, -0.2) is 42.4 Å². The highest BCUT2D eigenvalue weighted by Gasteiger charge is 2.54. The molecule has 0 aromatic carbocycles. The van der Waals surface area contributed by atoms with E-state index in [9.17, 15) is 9.59 Å². The van der Waals surface area contributed by atoms with E-state index < -0.39 is 0 Å². The van der Waals surface area contributed by atoms with Crippen molar-refractivity contribution in [3.8, 4) is 0 Å². The average molecular weight is 289 g/mol. The van der Waals surface area contributed by atoms with E-state index in [1.54, 1.807) is 13.2 Å². The first-order valence-electron chi connectivity index (χ1n) is 8.25. The Hall–Kier alpha value is -1.16. The Bertz CT molecular complexity index is 500. The van der Waals surface area contributed by atoms with E-state index in [4.69, 9.17) is 4.74 Å². The number of ether oxygens (including phenoxy) is 1. The van der Waals surface area contributed by atoms with Crippen LogP contribution in [0.25, 0.3) is 0 Å². The molecule has 0 aromatic rings. The monoisotopic (exact) mass is 289 g/mol. The fourth-order valence-corrected chi connectivity index (χ4v) is 5.28. The Balaban J connectivity index is 1.68. The minimum atomic E-state index is 0.111. The van der Waals surface area contributed by atoms with Crippen molar-refractivity contribution in [3.05, 3.63) is 12.2 Å². The van der Waals surface area contributed by atoms with Crippen molar-refractivity contribution in [2.45, 2.75) is 44.2 Å². The maximum Gasteiger partial charge on any atom is 0.224 e. The van der Waals surface area contributed by atoms with Crippen LogP contribution in [-0.2, 0) is 14.3 Å². The number of carbonyl (C=O) groups excluding carboxylic acids is 2. The molecule has 4 nitrogen and oxygen atoms in total. The summed E-state index contributed by atoms with van der Waals surface area (Å²) >= 11 is 0. The lowest BCUT2D eigenvalue weighted by atomic mass is 9.58. The molecule has 3 fully saturated rings. The highest BCUT2D eigenvalue weighted by molar-refractivity contribution is 5.95. The number of methoxy groups -OCH3 is 1. The molecule has 4 aliphatic rings. The van der Waals surface area contributed by atoms with E-state index in [0.29, 0.717) is 24.2 Å². The summed E-state index contributed by atoms with van der Waals surface area (Å²) in [6.07, 6.45) is 9.10. The van der Waals surface area contributed by atoms with Crippen LogP contribution in [0.1, 0.15) is 32.1 Å². The fourth-order valence-electron chi connectivity index (χ4n) is 5.28. The molecule has 0 N–H and O–H groups in total. The quantitative estimate of drug-likeness (QED) is 0.728. The number of β-lactam (4-membered cyclic amide) rings is 1. The van der Waals surface area contributed by atoms with E-state index in [2.05, 4.69) is 6.08 Å². The third kappa shape index (κ3) is 1.91. The van der Waals surface area contributed by atoms with Gasteiger partial charge in [0.05, 0.1) is 6.10 Å². The average Bonchev–Trinajstić information content (AvgIpc) is 2.86. The van der Waals surface area contributed by atoms with Crippen LogP contribution in [0.2, 0.25) is 0 Å². The molecule has 0 spiro atoms. The van der Waals surface area contributed by atoms with Gasteiger partial charge in [0, 0.05) is 38.0 Å². The van der Waals surface area contributed by atoms with E-state index in [0.717, 1.165) is 19.4 Å². The number of nitrogens with zero attached hydrogens (tertiary/aromatic N) is 1. The number of ketones is 1. The van der Waals surface area contributed by atoms with Crippen LogP contribution in [0, 0.1) is 23.7 Å². The normalized spacial score (nSPS) is 45.3. The van der Waals surface area contributed by atoms with Crippen LogP contribution in [0.3, 0.4) is 0 Å². The number of amides is 1. The molecule has 114 valence electrons. The smallest absolute Gasteiger partial charge is 0.224 e. The van der Waals surface area contributed by atoms with Crippen molar-refractivity contribution in [1.29, 1.82) is 0 Å². The molecule has 1 heterocycles. The summed E-state index contributed by atoms with van der Waals surface area (Å²) in [5, 5.41) is 0. The predicted octanol–water partition coefficient (Wildman–Crippen LogP) is 1.79. The number of allylic oxidation sites excluding steroid dienone is 2. The van der Waals surface area contributed by atoms with Gasteiger partial charge >= 0.3 is 0 Å². The third-order valence-electron chi connectivity index (χ3n) is 6.29. The minimum absolute atomic E-state index is 0.111. The lowest BCUT2D eigenvalue weighted by Gasteiger charge is -2.54. The molecule has 0 aromatic heterocycles. The first-order valence-corrected chi connectivity index (χ1v) is 8.25. The van der Waals surface area contributed by atoms with Crippen molar-refractivity contribution >= 4 is 11.7 Å². The summed E-state index contributed by atoms with van der Waals surface area (Å²) < 4.78 is 5.77. The van der Waals surface area contributed by atoms with E-state index >= 15 is 0 Å². The standard InChI is InChI=1S/C17H23NO3/c1-21-15-4-2-3-11-10-5-6-14(19)12(10)9-13(17(11)15)18-8-7-16(18)20/h5-6,10-13,15,17H,2-4,7-9H2,1H3/t10-,11-,12+,13?,15-,17+/m0/s1. The number of hydrogen-bond acceptors (Lipinski definition) is 3. The highest BCUT2D eigenvalue weighted by atomic mass is 16.5. The Morgan fingerprint density at radius 2 is 2.14 bits per heavy atom. The molecule has 1 amide bonds. The van der Waals surface area contributed by atoms with Gasteiger partial charge in [0.15, 0.2) is 5.78 Å². The summed E-state index contributed by atoms with van der Waals surface area (Å²) in [5.74, 6) is 1.94. The Morgan fingerprint density at radius 3 is 2.81 bits per heavy atom. The number of likely N-dealkylation sites (tertiary alicyclic amines) is 1. The van der Waals surface area contributed by atoms with Crippen molar-refractivity contribution < 1.29 is 14.3 Å². The summed E-state index contributed by atoms with van der Waals surface area (Å²) in [4.78, 5) is 26.2. The van der Waals surface area contributed by atoms with Gasteiger partial charge in [-0.25, -0.2) is 0 Å². The number of rotatable bonds is 2. The Kier molecular flexibility index (Phi) is 3.18. The van der Waals surface area contributed by atoms with Crippen LogP contribution in [0.15, 0.2) is 12.2 Å². The van der Waals surface area contributed by atoms with E-state index in [1.165, 1.54) is 12.8 Å². The largest absolute Gasteiger partial charge is 0.381 e. The van der Waals surface area contributed by atoms with Gasteiger partial charge in [0.1, 0.15) is 0 Å². The molecule has 6 atom stereocenters. The van der Waals surface area contributed by atoms with Crippen LogP contribution in [0.4, 0.5) is 0 Å². The van der Waals surface area contributed by atoms with Gasteiger partial charge in [-0.15, -0.1) is 0 Å². The zero-order valence-corrected chi connectivity index (χ0v) is 12.5. The molecule has 2 saturated carbocycles. The van der Waals surface area contributed by atoms with Gasteiger partial charge in [-0.2, -0.15) is 0 Å². The molecule has 21 heavy (non-hydrogen) atoms. The minimum Gasteiger partial charge on any atom is -0.381 e. The molecule has 1 unspecified atom stereocenters. The van der Waals surface area contributed by atoms with Crippen molar-refractivity contribution in [3.63, 3.8) is 0 Å².